The number of benzene rings is 2. The van der Waals surface area contributed by atoms with E-state index in [1.165, 1.54) is 12.1 Å². The third-order valence-electron chi connectivity index (χ3n) is 2.85. The van der Waals surface area contributed by atoms with Crippen LogP contribution in [-0.4, -0.2) is 9.97 Å². The average molecular weight is 273 g/mol. The first-order chi connectivity index (χ1) is 9.22. The Bertz CT molecular complexity index is 627. The van der Waals surface area contributed by atoms with Crippen molar-refractivity contribution < 1.29 is 4.39 Å². The van der Waals surface area contributed by atoms with Gasteiger partial charge in [-0.2, -0.15) is 0 Å². The number of hydrogen-bond acceptors (Lipinski definition) is 1. The van der Waals surface area contributed by atoms with E-state index < -0.39 is 0 Å². The zero-order chi connectivity index (χ0) is 13.2. The Hall–Kier alpha value is -2.13. The largest absolute Gasteiger partial charge is 0.338 e. The molecule has 0 amide bonds. The molecule has 3 aromatic rings. The van der Waals surface area contributed by atoms with Gasteiger partial charge < -0.3 is 4.98 Å². The summed E-state index contributed by atoms with van der Waals surface area (Å²) in [5.74, 6) is 0.511. The van der Waals surface area contributed by atoms with Crippen LogP contribution in [0, 0.1) is 5.82 Å². The molecule has 1 aromatic heterocycles. The van der Waals surface area contributed by atoms with Crippen LogP contribution in [0.5, 0.6) is 0 Å². The fraction of sp³-hybridized carbons (Fsp3) is 0. The number of nitrogens with one attached hydrogen (secondary N) is 1. The predicted octanol–water partition coefficient (Wildman–Crippen LogP) is 4.54. The number of rotatable bonds is 2. The molecule has 0 spiro atoms. The molecular formula is C15H10ClFN2. The van der Waals surface area contributed by atoms with Crippen LogP contribution in [0.25, 0.3) is 22.6 Å². The summed E-state index contributed by atoms with van der Waals surface area (Å²) in [5, 5.41) is 0.689. The molecule has 0 aliphatic rings. The molecule has 0 aliphatic heterocycles. The zero-order valence-corrected chi connectivity index (χ0v) is 10.7. The molecule has 0 radical (unpaired) electrons. The fourth-order valence-corrected chi connectivity index (χ4v) is 1.98. The lowest BCUT2D eigenvalue weighted by atomic mass is 10.2. The number of hydrogen-bond donors (Lipinski definition) is 1. The lowest BCUT2D eigenvalue weighted by Gasteiger charge is -1.98. The lowest BCUT2D eigenvalue weighted by Crippen LogP contribution is -1.81. The monoisotopic (exact) mass is 272 g/mol. The van der Waals surface area contributed by atoms with Crippen LogP contribution in [0.3, 0.4) is 0 Å². The van der Waals surface area contributed by atoms with E-state index in [0.717, 1.165) is 22.6 Å². The Morgan fingerprint density at radius 3 is 2.21 bits per heavy atom. The number of imidazole rings is 1. The normalized spacial score (nSPS) is 10.6. The van der Waals surface area contributed by atoms with Crippen LogP contribution in [0.2, 0.25) is 5.02 Å². The van der Waals surface area contributed by atoms with Gasteiger partial charge in [-0.3, -0.25) is 0 Å². The second-order valence-corrected chi connectivity index (χ2v) is 4.60. The minimum atomic E-state index is -0.249. The summed E-state index contributed by atoms with van der Waals surface area (Å²) in [6.07, 6.45) is 1.73. The van der Waals surface area contributed by atoms with Crippen molar-refractivity contribution in [2.45, 2.75) is 0 Å². The lowest BCUT2D eigenvalue weighted by molar-refractivity contribution is 0.628. The van der Waals surface area contributed by atoms with Crippen molar-refractivity contribution in [1.29, 1.82) is 0 Å². The van der Waals surface area contributed by atoms with E-state index in [0.29, 0.717) is 5.02 Å². The van der Waals surface area contributed by atoms with Crippen molar-refractivity contribution in [3.05, 3.63) is 65.6 Å². The summed E-state index contributed by atoms with van der Waals surface area (Å²) < 4.78 is 12.9. The molecule has 0 unspecified atom stereocenters. The second-order valence-electron chi connectivity index (χ2n) is 4.16. The summed E-state index contributed by atoms with van der Waals surface area (Å²) in [7, 11) is 0. The van der Waals surface area contributed by atoms with Crippen LogP contribution in [-0.2, 0) is 0 Å². The molecule has 1 heterocycles. The van der Waals surface area contributed by atoms with Crippen LogP contribution >= 0.6 is 11.6 Å². The first-order valence-electron chi connectivity index (χ1n) is 5.79. The predicted molar refractivity (Wildman–Crippen MR) is 74.4 cm³/mol. The second kappa shape index (κ2) is 4.86. The minimum Gasteiger partial charge on any atom is -0.338 e. The minimum absolute atomic E-state index is 0.249. The SMILES string of the molecule is Fc1ccc(-c2cnc(-c3ccc(Cl)cc3)[nH]2)cc1. The summed E-state index contributed by atoms with van der Waals surface area (Å²) in [4.78, 5) is 7.53. The molecule has 2 nitrogen and oxygen atoms in total. The van der Waals surface area contributed by atoms with E-state index in [9.17, 15) is 4.39 Å². The number of aromatic nitrogens is 2. The Morgan fingerprint density at radius 2 is 1.53 bits per heavy atom. The van der Waals surface area contributed by atoms with Crippen LogP contribution < -0.4 is 0 Å². The molecule has 0 atom stereocenters. The summed E-state index contributed by atoms with van der Waals surface area (Å²) in [5.41, 5.74) is 2.71. The van der Waals surface area contributed by atoms with Gasteiger partial charge in [-0.25, -0.2) is 9.37 Å². The molecule has 19 heavy (non-hydrogen) atoms. The Kier molecular flexibility index (Phi) is 3.05. The highest BCUT2D eigenvalue weighted by Crippen LogP contribution is 2.23. The van der Waals surface area contributed by atoms with Crippen LogP contribution in [0.1, 0.15) is 0 Å². The first-order valence-corrected chi connectivity index (χ1v) is 6.17. The van der Waals surface area contributed by atoms with E-state index in [1.54, 1.807) is 18.3 Å². The molecular weight excluding hydrogens is 263 g/mol. The summed E-state index contributed by atoms with van der Waals surface area (Å²) in [6, 6.07) is 13.7. The molecule has 0 bridgehead atoms. The Labute approximate surface area is 114 Å². The van der Waals surface area contributed by atoms with Crippen molar-refractivity contribution in [2.24, 2.45) is 0 Å². The van der Waals surface area contributed by atoms with Gasteiger partial charge in [0.25, 0.3) is 0 Å². The first kappa shape index (κ1) is 11.9. The highest BCUT2D eigenvalue weighted by molar-refractivity contribution is 6.30. The van der Waals surface area contributed by atoms with Crippen molar-refractivity contribution in [2.75, 3.05) is 0 Å². The smallest absolute Gasteiger partial charge is 0.137 e. The van der Waals surface area contributed by atoms with Crippen molar-refractivity contribution >= 4 is 11.6 Å². The maximum absolute atomic E-state index is 12.9. The fourth-order valence-electron chi connectivity index (χ4n) is 1.85. The molecule has 0 fully saturated rings. The Morgan fingerprint density at radius 1 is 0.895 bits per heavy atom. The van der Waals surface area contributed by atoms with E-state index in [1.807, 2.05) is 24.3 Å². The van der Waals surface area contributed by atoms with Gasteiger partial charge >= 0.3 is 0 Å². The number of halogens is 2. The van der Waals surface area contributed by atoms with Crippen LogP contribution in [0.15, 0.2) is 54.7 Å². The average Bonchev–Trinajstić information content (AvgIpc) is 2.90. The molecule has 3 rings (SSSR count). The molecule has 4 heteroatoms. The number of nitrogens with zero attached hydrogens (tertiary/aromatic N) is 1. The molecule has 0 saturated carbocycles. The maximum Gasteiger partial charge on any atom is 0.137 e. The van der Waals surface area contributed by atoms with Gasteiger partial charge in [-0.1, -0.05) is 11.6 Å². The van der Waals surface area contributed by atoms with E-state index in [2.05, 4.69) is 9.97 Å². The summed E-state index contributed by atoms with van der Waals surface area (Å²) >= 11 is 5.85. The zero-order valence-electron chi connectivity index (χ0n) is 9.90. The van der Waals surface area contributed by atoms with Gasteiger partial charge in [0.2, 0.25) is 0 Å². The van der Waals surface area contributed by atoms with Gasteiger partial charge in [-0.15, -0.1) is 0 Å². The van der Waals surface area contributed by atoms with Crippen molar-refractivity contribution in [1.82, 2.24) is 9.97 Å². The molecule has 94 valence electrons. The van der Waals surface area contributed by atoms with Gasteiger partial charge in [0.05, 0.1) is 11.9 Å². The third kappa shape index (κ3) is 2.51. The highest BCUT2D eigenvalue weighted by Gasteiger charge is 2.05. The highest BCUT2D eigenvalue weighted by atomic mass is 35.5. The summed E-state index contributed by atoms with van der Waals surface area (Å²) in [6.45, 7) is 0. The number of aromatic amines is 1. The van der Waals surface area contributed by atoms with Crippen LogP contribution in [0.4, 0.5) is 4.39 Å². The maximum atomic E-state index is 12.9. The van der Waals surface area contributed by atoms with Gasteiger partial charge in [-0.05, 0) is 54.1 Å². The van der Waals surface area contributed by atoms with E-state index in [4.69, 9.17) is 11.6 Å². The van der Waals surface area contributed by atoms with Crippen molar-refractivity contribution in [3.63, 3.8) is 0 Å². The quantitative estimate of drug-likeness (QED) is 0.729. The van der Waals surface area contributed by atoms with Gasteiger partial charge in [0, 0.05) is 10.6 Å². The van der Waals surface area contributed by atoms with Gasteiger partial charge in [0.1, 0.15) is 11.6 Å². The van der Waals surface area contributed by atoms with E-state index in [-0.39, 0.29) is 5.82 Å². The number of H-pyrrole nitrogens is 1. The standard InChI is InChI=1S/C15H10ClFN2/c16-12-5-1-11(2-6-12)15-18-9-14(19-15)10-3-7-13(17)8-4-10/h1-9H,(H,18,19). The topological polar surface area (TPSA) is 28.7 Å². The molecule has 0 aliphatic carbocycles. The van der Waals surface area contributed by atoms with Crippen molar-refractivity contribution in [3.8, 4) is 22.6 Å². The molecule has 2 aromatic carbocycles. The third-order valence-corrected chi connectivity index (χ3v) is 3.10. The van der Waals surface area contributed by atoms with E-state index >= 15 is 0 Å². The van der Waals surface area contributed by atoms with Gasteiger partial charge in [0.15, 0.2) is 0 Å². The Balaban J connectivity index is 1.95. The molecule has 0 saturated heterocycles. The molecule has 1 N–H and O–H groups in total.